The van der Waals surface area contributed by atoms with E-state index in [1.807, 2.05) is 6.92 Å². The molecule has 172 valence electrons. The van der Waals surface area contributed by atoms with Gasteiger partial charge in [-0.3, -0.25) is 19.3 Å². The summed E-state index contributed by atoms with van der Waals surface area (Å²) in [5.74, 6) is -1.98. The maximum Gasteiger partial charge on any atom is 1.00 e. The van der Waals surface area contributed by atoms with E-state index in [9.17, 15) is 24.3 Å². The number of carboxylic acid groups (broad SMARTS) is 1. The van der Waals surface area contributed by atoms with Crippen LogP contribution in [0.5, 0.6) is 0 Å². The number of thiazole rings is 1. The predicted octanol–water partition coefficient (Wildman–Crippen LogP) is -2.44. The number of nitrogen functional groups attached to an aromatic ring is 1. The number of hydrogen-bond acceptors (Lipinski definition) is 10. The van der Waals surface area contributed by atoms with Gasteiger partial charge in [0.15, 0.2) is 5.01 Å². The number of carbonyl (C=O) groups is 4. The smallest absolute Gasteiger partial charge is 0.543 e. The predicted molar refractivity (Wildman–Crippen MR) is 125 cm³/mol. The van der Waals surface area contributed by atoms with E-state index in [1.54, 1.807) is 30.5 Å². The fraction of sp³-hybridized carbons (Fsp3) is 0.286. The van der Waals surface area contributed by atoms with Gasteiger partial charge in [0, 0.05) is 28.3 Å². The molecule has 0 aliphatic carbocycles. The van der Waals surface area contributed by atoms with Gasteiger partial charge in [0.2, 0.25) is 11.0 Å². The summed E-state index contributed by atoms with van der Waals surface area (Å²) in [6, 6.07) is 6.11. The minimum absolute atomic E-state index is 0. The van der Waals surface area contributed by atoms with Crippen LogP contribution < -0.4 is 45.7 Å². The quantitative estimate of drug-likeness (QED) is 0.228. The van der Waals surface area contributed by atoms with E-state index in [2.05, 4.69) is 10.3 Å². The molecule has 4 rings (SSSR count). The number of carbonyl (C=O) groups excluding carboxylic acids is 4. The van der Waals surface area contributed by atoms with Crippen molar-refractivity contribution in [2.75, 3.05) is 17.2 Å². The van der Waals surface area contributed by atoms with Crippen molar-refractivity contribution in [3.63, 3.8) is 0 Å². The number of amides is 2. The van der Waals surface area contributed by atoms with Crippen molar-refractivity contribution in [3.05, 3.63) is 57.2 Å². The average Bonchev–Trinajstić information content (AvgIpc) is 3.23. The first-order chi connectivity index (χ1) is 15.8. The summed E-state index contributed by atoms with van der Waals surface area (Å²) in [6.07, 6.45) is 1.61. The van der Waals surface area contributed by atoms with Crippen molar-refractivity contribution in [2.24, 2.45) is 0 Å². The second-order valence-corrected chi connectivity index (χ2v) is 10.7. The van der Waals surface area contributed by atoms with Gasteiger partial charge in [-0.25, -0.2) is 4.98 Å². The Hall–Kier alpha value is -1.83. The second-order valence-electron chi connectivity index (χ2n) is 7.42. The number of β-lactam (4-membered cyclic amide) rings is 1. The number of thioether (sulfide) groups is 2. The number of nitrogens with zero attached hydrogens (tertiary/aromatic N) is 2. The average molecular weight is 527 g/mol. The van der Waals surface area contributed by atoms with Crippen molar-refractivity contribution in [2.45, 2.75) is 24.8 Å². The van der Waals surface area contributed by atoms with Crippen molar-refractivity contribution < 1.29 is 53.8 Å². The molecule has 1 aromatic carbocycles. The van der Waals surface area contributed by atoms with E-state index in [-0.39, 0.29) is 58.5 Å². The number of hydrogen-bond donors (Lipinski definition) is 2. The fourth-order valence-corrected chi connectivity index (χ4v) is 6.64. The molecule has 2 aliphatic heterocycles. The number of nitrogens with one attached hydrogen (secondary N) is 1. The monoisotopic (exact) mass is 526 g/mol. The van der Waals surface area contributed by atoms with Crippen molar-refractivity contribution in [3.8, 4) is 0 Å². The van der Waals surface area contributed by atoms with Crippen molar-refractivity contribution >= 4 is 63.4 Å². The molecule has 3 heterocycles. The van der Waals surface area contributed by atoms with E-state index in [1.165, 1.54) is 23.1 Å². The first kappa shape index (κ1) is 26.8. The summed E-state index contributed by atoms with van der Waals surface area (Å²) < 4.78 is 0. The molecule has 2 amide bonds. The Morgan fingerprint density at radius 2 is 2.06 bits per heavy atom. The molecule has 0 bridgehead atoms. The fourth-order valence-electron chi connectivity index (χ4n) is 3.54. The van der Waals surface area contributed by atoms with Crippen LogP contribution in [-0.2, 0) is 20.8 Å². The molecule has 0 radical (unpaired) electrons. The summed E-state index contributed by atoms with van der Waals surface area (Å²) >= 11 is 3.54. The molecule has 13 heteroatoms. The van der Waals surface area contributed by atoms with Crippen LogP contribution in [0, 0.1) is 6.92 Å². The van der Waals surface area contributed by atoms with Gasteiger partial charge < -0.3 is 21.0 Å². The zero-order valence-corrected chi connectivity index (χ0v) is 22.9. The Labute approximate surface area is 230 Å². The van der Waals surface area contributed by atoms with Gasteiger partial charge in [-0.15, -0.1) is 23.1 Å². The Morgan fingerprint density at radius 1 is 1.32 bits per heavy atom. The van der Waals surface area contributed by atoms with Gasteiger partial charge >= 0.3 is 29.6 Å². The van der Waals surface area contributed by atoms with Crippen molar-refractivity contribution in [1.29, 1.82) is 0 Å². The number of para-hydroxylation sites is 1. The number of aliphatic carboxylic acids is 1. The number of aryl methyl sites for hydroxylation is 1. The molecule has 2 aliphatic rings. The van der Waals surface area contributed by atoms with Crippen LogP contribution in [0.2, 0.25) is 0 Å². The Bertz CT molecular complexity index is 1180. The zero-order valence-electron chi connectivity index (χ0n) is 18.4. The molecular formula is C21H19N4NaO5S3. The summed E-state index contributed by atoms with van der Waals surface area (Å²) in [5, 5.41) is 14.1. The molecule has 34 heavy (non-hydrogen) atoms. The van der Waals surface area contributed by atoms with E-state index in [0.29, 0.717) is 27.6 Å². The number of nitrogens with two attached hydrogens (primary N) is 1. The minimum Gasteiger partial charge on any atom is -0.543 e. The molecule has 2 atom stereocenters. The number of benzene rings is 1. The maximum absolute atomic E-state index is 12.7. The Morgan fingerprint density at radius 3 is 2.71 bits per heavy atom. The second kappa shape index (κ2) is 11.3. The summed E-state index contributed by atoms with van der Waals surface area (Å²) in [6.45, 7) is 1.84. The molecule has 0 saturated carbocycles. The van der Waals surface area contributed by atoms with E-state index < -0.39 is 23.3 Å². The molecule has 1 aromatic heterocycles. The van der Waals surface area contributed by atoms with Gasteiger partial charge in [-0.2, -0.15) is 0 Å². The van der Waals surface area contributed by atoms with Crippen LogP contribution in [0.15, 0.2) is 41.7 Å². The number of anilines is 1. The Balaban J connectivity index is 0.00000324. The van der Waals surface area contributed by atoms with Crippen LogP contribution in [0.25, 0.3) is 0 Å². The van der Waals surface area contributed by atoms with Gasteiger partial charge in [0.25, 0.3) is 5.91 Å². The van der Waals surface area contributed by atoms with Crippen LogP contribution in [-0.4, -0.2) is 55.7 Å². The third kappa shape index (κ3) is 5.52. The summed E-state index contributed by atoms with van der Waals surface area (Å²) in [7, 11) is 0. The molecule has 9 nitrogen and oxygen atoms in total. The molecule has 0 spiro atoms. The number of carboxylic acids is 1. The van der Waals surface area contributed by atoms with Gasteiger partial charge in [-0.1, -0.05) is 30.0 Å². The number of fused-ring (bicyclic) bond motifs is 1. The van der Waals surface area contributed by atoms with E-state index in [4.69, 9.17) is 5.73 Å². The van der Waals surface area contributed by atoms with Gasteiger partial charge in [0.05, 0.1) is 18.1 Å². The van der Waals surface area contributed by atoms with E-state index in [0.717, 1.165) is 21.5 Å². The minimum atomic E-state index is -1.48. The third-order valence-corrected chi connectivity index (χ3v) is 8.47. The Kier molecular flexibility index (Phi) is 8.87. The third-order valence-electron chi connectivity index (χ3n) is 5.14. The first-order valence-electron chi connectivity index (χ1n) is 9.86. The van der Waals surface area contributed by atoms with Gasteiger partial charge in [-0.05, 0) is 24.1 Å². The van der Waals surface area contributed by atoms with Crippen LogP contribution in [0.4, 0.5) is 5.69 Å². The van der Waals surface area contributed by atoms with Crippen LogP contribution in [0.1, 0.15) is 20.2 Å². The summed E-state index contributed by atoms with van der Waals surface area (Å²) in [4.78, 5) is 55.4. The molecule has 1 fully saturated rings. The topological polar surface area (TPSA) is 146 Å². The standard InChI is InChI=1S/C21H20N4O5S3.Na/c1-10-7-23-17(33-10)21(30)32-9-12-8-31-19-15(18(27)25(19)16(12)20(28)29)24-14(26)6-11-4-2-3-5-13(11)22;/h2-5,7,15,19H,6,8-9,22H2,1H3,(H,24,26)(H,28,29);/q;+1/p-1/t15?,19-;/m1./s1. The zero-order chi connectivity index (χ0) is 23.7. The molecule has 3 N–H and O–H groups in total. The number of rotatable bonds is 7. The van der Waals surface area contributed by atoms with Gasteiger partial charge in [0.1, 0.15) is 11.4 Å². The van der Waals surface area contributed by atoms with Crippen molar-refractivity contribution in [1.82, 2.24) is 15.2 Å². The number of aromatic nitrogens is 1. The molecule has 2 aromatic rings. The van der Waals surface area contributed by atoms with E-state index >= 15 is 0 Å². The van der Waals surface area contributed by atoms with Crippen LogP contribution in [0.3, 0.4) is 0 Å². The molecular weight excluding hydrogens is 507 g/mol. The SMILES string of the molecule is Cc1cnc(C(=O)SCC2=C(C(=O)[O-])N3C(=O)C(NC(=O)Cc4ccccc4N)[C@H]3SC2)s1.[Na+]. The molecule has 1 saturated heterocycles. The van der Waals surface area contributed by atoms with Crippen LogP contribution >= 0.6 is 34.9 Å². The summed E-state index contributed by atoms with van der Waals surface area (Å²) in [5.41, 5.74) is 7.19. The molecule has 1 unspecified atom stereocenters. The first-order valence-corrected chi connectivity index (χ1v) is 12.7. The largest absolute Gasteiger partial charge is 1.00 e. The normalized spacial score (nSPS) is 19.1. The maximum atomic E-state index is 12.7.